The molecule has 27 heavy (non-hydrogen) atoms. The number of amides is 1. The van der Waals surface area contributed by atoms with Gasteiger partial charge >= 0.3 is 0 Å². The highest BCUT2D eigenvalue weighted by molar-refractivity contribution is 7.92. The largest absolute Gasteiger partial charge is 0.350 e. The summed E-state index contributed by atoms with van der Waals surface area (Å²) < 4.78 is 28.3. The number of hydrogen-bond acceptors (Lipinski definition) is 3. The Labute approximate surface area is 166 Å². The van der Waals surface area contributed by atoms with Gasteiger partial charge in [0.15, 0.2) is 0 Å². The van der Waals surface area contributed by atoms with E-state index in [4.69, 9.17) is 11.6 Å². The summed E-state index contributed by atoms with van der Waals surface area (Å²) in [6.07, 6.45) is 1.79. The van der Waals surface area contributed by atoms with E-state index < -0.39 is 10.0 Å². The van der Waals surface area contributed by atoms with Gasteiger partial charge in [0.1, 0.15) is 4.90 Å². The van der Waals surface area contributed by atoms with E-state index in [1.807, 2.05) is 33.8 Å². The van der Waals surface area contributed by atoms with Crippen LogP contribution in [-0.4, -0.2) is 20.4 Å². The van der Waals surface area contributed by atoms with E-state index in [1.54, 1.807) is 12.1 Å². The van der Waals surface area contributed by atoms with Crippen molar-refractivity contribution < 1.29 is 13.2 Å². The molecule has 2 rings (SSSR count). The summed E-state index contributed by atoms with van der Waals surface area (Å²) in [5.41, 5.74) is 2.54. The van der Waals surface area contributed by atoms with Gasteiger partial charge in [0.05, 0.1) is 10.7 Å². The van der Waals surface area contributed by atoms with Crippen LogP contribution in [0.3, 0.4) is 0 Å². The zero-order chi connectivity index (χ0) is 20.2. The molecule has 0 unspecified atom stereocenters. The van der Waals surface area contributed by atoms with Crippen molar-refractivity contribution in [3.63, 3.8) is 0 Å². The maximum atomic E-state index is 12.9. The quantitative estimate of drug-likeness (QED) is 0.698. The predicted octanol–water partition coefficient (Wildman–Crippen LogP) is 4.68. The van der Waals surface area contributed by atoms with E-state index in [2.05, 4.69) is 10.0 Å². The molecule has 2 aromatic rings. The number of anilines is 1. The fraction of sp³-hybridized carbons (Fsp3) is 0.350. The van der Waals surface area contributed by atoms with Crippen molar-refractivity contribution in [3.05, 3.63) is 58.1 Å². The van der Waals surface area contributed by atoms with Crippen LogP contribution in [0.5, 0.6) is 0 Å². The van der Waals surface area contributed by atoms with Crippen LogP contribution in [0, 0.1) is 13.8 Å². The predicted molar refractivity (Wildman–Crippen MR) is 110 cm³/mol. The summed E-state index contributed by atoms with van der Waals surface area (Å²) in [6.45, 7) is 7.70. The molecule has 0 aliphatic carbocycles. The van der Waals surface area contributed by atoms with Gasteiger partial charge in [-0.05, 0) is 62.6 Å². The first-order valence-corrected chi connectivity index (χ1v) is 10.7. The van der Waals surface area contributed by atoms with Gasteiger partial charge in [-0.3, -0.25) is 9.52 Å². The molecular formula is C20H25ClN2O3S. The Hall–Kier alpha value is -2.05. The lowest BCUT2D eigenvalue weighted by Crippen LogP contribution is -2.32. The Morgan fingerprint density at radius 1 is 1.19 bits per heavy atom. The molecule has 0 fully saturated rings. The minimum atomic E-state index is -3.94. The Morgan fingerprint density at radius 3 is 2.56 bits per heavy atom. The Kier molecular flexibility index (Phi) is 6.89. The molecule has 1 atom stereocenters. The average molecular weight is 409 g/mol. The molecule has 0 saturated heterocycles. The topological polar surface area (TPSA) is 75.3 Å². The number of sulfonamides is 1. The third-order valence-corrected chi connectivity index (χ3v) is 6.28. The van der Waals surface area contributed by atoms with Crippen molar-refractivity contribution in [2.45, 2.75) is 51.5 Å². The van der Waals surface area contributed by atoms with E-state index in [0.717, 1.165) is 24.0 Å². The van der Waals surface area contributed by atoms with Gasteiger partial charge in [-0.15, -0.1) is 0 Å². The molecule has 0 aliphatic rings. The molecule has 0 radical (unpaired) electrons. The van der Waals surface area contributed by atoms with Crippen LogP contribution in [0.15, 0.2) is 41.3 Å². The minimum absolute atomic E-state index is 0.00584. The molecule has 146 valence electrons. The molecule has 0 heterocycles. The molecule has 0 aliphatic heterocycles. The lowest BCUT2D eigenvalue weighted by atomic mass is 10.1. The summed E-state index contributed by atoms with van der Waals surface area (Å²) >= 11 is 6.13. The number of carbonyl (C=O) groups excluding carboxylic acids is 1. The first-order chi connectivity index (χ1) is 12.7. The van der Waals surface area contributed by atoms with Crippen LogP contribution in [0.2, 0.25) is 5.02 Å². The third kappa shape index (κ3) is 5.23. The van der Waals surface area contributed by atoms with Gasteiger partial charge in [0, 0.05) is 11.6 Å². The lowest BCUT2D eigenvalue weighted by molar-refractivity contribution is 0.0938. The molecule has 7 heteroatoms. The smallest absolute Gasteiger partial charge is 0.263 e. The van der Waals surface area contributed by atoms with Crippen molar-refractivity contribution in [1.82, 2.24) is 5.32 Å². The number of halogens is 1. The number of aryl methyl sites for hydroxylation is 1. The fourth-order valence-corrected chi connectivity index (χ4v) is 4.37. The summed E-state index contributed by atoms with van der Waals surface area (Å²) in [5.74, 6) is -0.323. The highest BCUT2D eigenvalue weighted by Gasteiger charge is 2.21. The van der Waals surface area contributed by atoms with Crippen molar-refractivity contribution in [3.8, 4) is 0 Å². The van der Waals surface area contributed by atoms with E-state index >= 15 is 0 Å². The normalized spacial score (nSPS) is 12.5. The average Bonchev–Trinajstić information content (AvgIpc) is 2.59. The zero-order valence-electron chi connectivity index (χ0n) is 16.0. The first-order valence-electron chi connectivity index (χ1n) is 8.85. The monoisotopic (exact) mass is 408 g/mol. The molecule has 0 spiro atoms. The van der Waals surface area contributed by atoms with Gasteiger partial charge in [0.2, 0.25) is 0 Å². The highest BCUT2D eigenvalue weighted by Crippen LogP contribution is 2.27. The minimum Gasteiger partial charge on any atom is -0.350 e. The maximum Gasteiger partial charge on any atom is 0.263 e. The van der Waals surface area contributed by atoms with Crippen LogP contribution in [0.4, 0.5) is 5.69 Å². The first kappa shape index (κ1) is 21.3. The van der Waals surface area contributed by atoms with Gasteiger partial charge in [-0.1, -0.05) is 37.1 Å². The number of rotatable bonds is 7. The van der Waals surface area contributed by atoms with Crippen molar-refractivity contribution in [2.75, 3.05) is 4.72 Å². The molecule has 0 aromatic heterocycles. The summed E-state index contributed by atoms with van der Waals surface area (Å²) in [6, 6.07) is 9.64. The van der Waals surface area contributed by atoms with E-state index in [-0.39, 0.29) is 27.4 Å². The number of carbonyl (C=O) groups is 1. The van der Waals surface area contributed by atoms with Crippen LogP contribution < -0.4 is 10.0 Å². The van der Waals surface area contributed by atoms with Crippen LogP contribution in [0.25, 0.3) is 0 Å². The summed E-state index contributed by atoms with van der Waals surface area (Å²) in [7, 11) is -3.94. The second-order valence-corrected chi connectivity index (χ2v) is 8.72. The van der Waals surface area contributed by atoms with Crippen molar-refractivity contribution in [1.29, 1.82) is 0 Å². The zero-order valence-corrected chi connectivity index (χ0v) is 17.5. The Bertz CT molecular complexity index is 942. The fourth-order valence-electron chi connectivity index (χ4n) is 2.72. The second kappa shape index (κ2) is 8.76. The number of nitrogens with one attached hydrogen (secondary N) is 2. The van der Waals surface area contributed by atoms with E-state index in [9.17, 15) is 13.2 Å². The van der Waals surface area contributed by atoms with E-state index in [1.165, 1.54) is 18.2 Å². The lowest BCUT2D eigenvalue weighted by Gasteiger charge is -2.15. The maximum absolute atomic E-state index is 12.9. The Balaban J connectivity index is 2.34. The van der Waals surface area contributed by atoms with Gasteiger partial charge in [0.25, 0.3) is 15.9 Å². The number of hydrogen-bond donors (Lipinski definition) is 2. The summed E-state index contributed by atoms with van der Waals surface area (Å²) in [5, 5.41) is 2.93. The molecule has 1 amide bonds. The van der Waals surface area contributed by atoms with E-state index in [0.29, 0.717) is 5.69 Å². The van der Waals surface area contributed by atoms with Gasteiger partial charge in [-0.2, -0.15) is 0 Å². The molecular weight excluding hydrogens is 384 g/mol. The molecule has 0 bridgehead atoms. The van der Waals surface area contributed by atoms with Crippen molar-refractivity contribution in [2.24, 2.45) is 0 Å². The SMILES string of the molecule is CCC[C@H](C)NC(=O)c1ccc(Cl)c(S(=O)(=O)Nc2cccc(C)c2C)c1. The third-order valence-electron chi connectivity index (χ3n) is 4.43. The molecule has 0 saturated carbocycles. The van der Waals surface area contributed by atoms with Crippen LogP contribution in [0.1, 0.15) is 48.2 Å². The van der Waals surface area contributed by atoms with Gasteiger partial charge < -0.3 is 5.32 Å². The molecule has 2 N–H and O–H groups in total. The second-order valence-electron chi connectivity index (χ2n) is 6.66. The standard InChI is InChI=1S/C20H25ClN2O3S/c1-5-7-14(3)22-20(24)16-10-11-17(21)19(12-16)27(25,26)23-18-9-6-8-13(2)15(18)4/h6,8-12,14,23H,5,7H2,1-4H3,(H,22,24)/t14-/m0/s1. The molecule has 2 aromatic carbocycles. The summed E-state index contributed by atoms with van der Waals surface area (Å²) in [4.78, 5) is 12.3. The molecule has 5 nitrogen and oxygen atoms in total. The highest BCUT2D eigenvalue weighted by atomic mass is 35.5. The number of benzene rings is 2. The Morgan fingerprint density at radius 2 is 1.89 bits per heavy atom. The van der Waals surface area contributed by atoms with Crippen LogP contribution >= 0.6 is 11.6 Å². The van der Waals surface area contributed by atoms with Crippen molar-refractivity contribution >= 4 is 33.2 Å². The van der Waals surface area contributed by atoms with Gasteiger partial charge in [-0.25, -0.2) is 8.42 Å². The van der Waals surface area contributed by atoms with Crippen LogP contribution in [-0.2, 0) is 10.0 Å².